The van der Waals surface area contributed by atoms with Gasteiger partial charge in [0.1, 0.15) is 17.5 Å². The van der Waals surface area contributed by atoms with Crippen molar-refractivity contribution in [2.24, 2.45) is 11.8 Å². The number of piperidine rings is 1. The highest BCUT2D eigenvalue weighted by atomic mass is 16.3. The molecule has 4 N–H and O–H groups in total. The van der Waals surface area contributed by atoms with Crippen molar-refractivity contribution in [3.8, 4) is 0 Å². The van der Waals surface area contributed by atoms with Gasteiger partial charge in [0.15, 0.2) is 0 Å². The average Bonchev–Trinajstić information content (AvgIpc) is 2.41. The van der Waals surface area contributed by atoms with E-state index in [-0.39, 0.29) is 12.0 Å². The number of anilines is 2. The first kappa shape index (κ1) is 14.0. The first-order chi connectivity index (χ1) is 9.01. The molecular formula is C13H23N5O. The quantitative estimate of drug-likeness (QED) is 0.560. The highest BCUT2D eigenvalue weighted by Crippen LogP contribution is 2.24. The topological polar surface area (TPSA) is 87.3 Å². The van der Waals surface area contributed by atoms with Gasteiger partial charge in [-0.3, -0.25) is 0 Å². The van der Waals surface area contributed by atoms with Crippen LogP contribution in [0.4, 0.5) is 11.6 Å². The Morgan fingerprint density at radius 2 is 2.21 bits per heavy atom. The summed E-state index contributed by atoms with van der Waals surface area (Å²) < 4.78 is 0. The van der Waals surface area contributed by atoms with Gasteiger partial charge in [-0.15, -0.1) is 0 Å². The second-order valence-electron chi connectivity index (χ2n) is 5.55. The van der Waals surface area contributed by atoms with Crippen molar-refractivity contribution < 1.29 is 5.11 Å². The number of aromatic nitrogens is 2. The summed E-state index contributed by atoms with van der Waals surface area (Å²) in [5, 5.41) is 9.99. The maximum atomic E-state index is 9.99. The Bertz CT molecular complexity index is 437. The predicted octanol–water partition coefficient (Wildman–Crippen LogP) is 1.09. The molecule has 0 spiro atoms. The van der Waals surface area contributed by atoms with Crippen molar-refractivity contribution in [2.45, 2.75) is 39.2 Å². The molecule has 0 aliphatic carbocycles. The molecule has 6 nitrogen and oxygen atoms in total. The zero-order chi connectivity index (χ0) is 14.0. The summed E-state index contributed by atoms with van der Waals surface area (Å²) in [6.07, 6.45) is 0.661. The van der Waals surface area contributed by atoms with Gasteiger partial charge in [0.05, 0.1) is 6.10 Å². The monoisotopic (exact) mass is 265 g/mol. The van der Waals surface area contributed by atoms with Crippen molar-refractivity contribution >= 4 is 11.6 Å². The van der Waals surface area contributed by atoms with Gasteiger partial charge in [0.2, 0.25) is 0 Å². The summed E-state index contributed by atoms with van der Waals surface area (Å²) in [4.78, 5) is 11.0. The summed E-state index contributed by atoms with van der Waals surface area (Å²) in [5.74, 6) is 8.24. The molecule has 1 saturated heterocycles. The molecule has 0 saturated carbocycles. The molecule has 2 heterocycles. The maximum absolute atomic E-state index is 9.99. The lowest BCUT2D eigenvalue weighted by atomic mass is 9.96. The molecule has 0 amide bonds. The number of β-amino-alcohol motifs (C(OH)–C–C–N with tert-alkyl or cyclic N) is 1. The smallest absolute Gasteiger partial charge is 0.145 e. The summed E-state index contributed by atoms with van der Waals surface area (Å²) in [7, 11) is 0. The molecule has 2 rings (SSSR count). The van der Waals surface area contributed by atoms with Crippen LogP contribution < -0.4 is 16.2 Å². The second kappa shape index (κ2) is 5.71. The van der Waals surface area contributed by atoms with E-state index in [0.717, 1.165) is 24.6 Å². The Hall–Kier alpha value is -1.40. The second-order valence-corrected chi connectivity index (χ2v) is 5.55. The van der Waals surface area contributed by atoms with Crippen molar-refractivity contribution in [1.82, 2.24) is 9.97 Å². The average molecular weight is 265 g/mol. The minimum absolute atomic E-state index is 0.237. The maximum Gasteiger partial charge on any atom is 0.145 e. The number of nitrogens with two attached hydrogens (primary N) is 1. The zero-order valence-electron chi connectivity index (χ0n) is 11.8. The molecular weight excluding hydrogens is 242 g/mol. The molecule has 0 bridgehead atoms. The van der Waals surface area contributed by atoms with E-state index in [1.54, 1.807) is 0 Å². The van der Waals surface area contributed by atoms with Crippen LogP contribution in [-0.4, -0.2) is 34.3 Å². The van der Waals surface area contributed by atoms with Crippen molar-refractivity contribution in [2.75, 3.05) is 23.4 Å². The number of aliphatic hydroxyl groups is 1. The first-order valence-corrected chi connectivity index (χ1v) is 6.80. The zero-order valence-corrected chi connectivity index (χ0v) is 11.8. The number of hydrogen-bond donors (Lipinski definition) is 3. The van der Waals surface area contributed by atoms with Crippen molar-refractivity contribution in [1.29, 1.82) is 0 Å². The molecule has 1 aliphatic heterocycles. The summed E-state index contributed by atoms with van der Waals surface area (Å²) >= 11 is 0. The van der Waals surface area contributed by atoms with E-state index in [9.17, 15) is 5.11 Å². The third-order valence-electron chi connectivity index (χ3n) is 3.64. The SMILES string of the molecule is CC(C)c1nc(NN)cc(N2CCC(C)C(O)C2)n1. The van der Waals surface area contributed by atoms with E-state index in [1.165, 1.54) is 0 Å². The Morgan fingerprint density at radius 3 is 2.79 bits per heavy atom. The predicted molar refractivity (Wildman–Crippen MR) is 75.9 cm³/mol. The Morgan fingerprint density at radius 1 is 1.47 bits per heavy atom. The highest BCUT2D eigenvalue weighted by molar-refractivity contribution is 5.49. The fourth-order valence-corrected chi connectivity index (χ4v) is 2.20. The van der Waals surface area contributed by atoms with Gasteiger partial charge in [-0.2, -0.15) is 0 Å². The van der Waals surface area contributed by atoms with Crippen LogP contribution in [0, 0.1) is 5.92 Å². The van der Waals surface area contributed by atoms with E-state index in [0.29, 0.717) is 18.3 Å². The molecule has 19 heavy (non-hydrogen) atoms. The van der Waals surface area contributed by atoms with Gasteiger partial charge < -0.3 is 15.4 Å². The normalized spacial score (nSPS) is 23.8. The van der Waals surface area contributed by atoms with Crippen LogP contribution in [0.25, 0.3) is 0 Å². The lowest BCUT2D eigenvalue weighted by Gasteiger charge is -2.35. The third kappa shape index (κ3) is 3.13. The van der Waals surface area contributed by atoms with Gasteiger partial charge in [0.25, 0.3) is 0 Å². The van der Waals surface area contributed by atoms with Gasteiger partial charge in [-0.1, -0.05) is 20.8 Å². The van der Waals surface area contributed by atoms with Crippen LogP contribution in [0.3, 0.4) is 0 Å². The molecule has 0 radical (unpaired) electrons. The lowest BCUT2D eigenvalue weighted by molar-refractivity contribution is 0.102. The van der Waals surface area contributed by atoms with Crippen LogP contribution in [0.2, 0.25) is 0 Å². The summed E-state index contributed by atoms with van der Waals surface area (Å²) in [6, 6.07) is 1.83. The molecule has 2 atom stereocenters. The Balaban J connectivity index is 2.26. The first-order valence-electron chi connectivity index (χ1n) is 6.80. The Kier molecular flexibility index (Phi) is 4.21. The number of nitrogen functional groups attached to an aromatic ring is 1. The Labute approximate surface area is 114 Å². The van der Waals surface area contributed by atoms with Crippen LogP contribution >= 0.6 is 0 Å². The minimum atomic E-state index is -0.305. The van der Waals surface area contributed by atoms with E-state index >= 15 is 0 Å². The van der Waals surface area contributed by atoms with E-state index < -0.39 is 0 Å². The highest BCUT2D eigenvalue weighted by Gasteiger charge is 2.25. The van der Waals surface area contributed by atoms with Crippen LogP contribution in [-0.2, 0) is 0 Å². The third-order valence-corrected chi connectivity index (χ3v) is 3.64. The number of aliphatic hydroxyl groups excluding tert-OH is 1. The van der Waals surface area contributed by atoms with Gasteiger partial charge in [-0.25, -0.2) is 15.8 Å². The number of nitrogens with zero attached hydrogens (tertiary/aromatic N) is 3. The lowest BCUT2D eigenvalue weighted by Crippen LogP contribution is -2.43. The number of rotatable bonds is 3. The largest absolute Gasteiger partial charge is 0.391 e. The number of nitrogens with one attached hydrogen (secondary N) is 1. The molecule has 1 fully saturated rings. The molecule has 106 valence electrons. The fraction of sp³-hybridized carbons (Fsp3) is 0.692. The van der Waals surface area contributed by atoms with E-state index in [1.807, 2.05) is 19.9 Å². The van der Waals surface area contributed by atoms with Gasteiger partial charge in [0, 0.05) is 25.1 Å². The minimum Gasteiger partial charge on any atom is -0.391 e. The van der Waals surface area contributed by atoms with Crippen LogP contribution in [0.1, 0.15) is 38.9 Å². The molecule has 2 unspecified atom stereocenters. The molecule has 1 aliphatic rings. The van der Waals surface area contributed by atoms with Crippen molar-refractivity contribution in [3.05, 3.63) is 11.9 Å². The molecule has 1 aromatic rings. The summed E-state index contributed by atoms with van der Waals surface area (Å²) in [5.41, 5.74) is 2.58. The van der Waals surface area contributed by atoms with E-state index in [2.05, 4.69) is 27.2 Å². The number of hydrazine groups is 1. The van der Waals surface area contributed by atoms with Gasteiger partial charge in [-0.05, 0) is 12.3 Å². The summed E-state index contributed by atoms with van der Waals surface area (Å²) in [6.45, 7) is 7.68. The van der Waals surface area contributed by atoms with E-state index in [4.69, 9.17) is 5.84 Å². The molecule has 0 aromatic carbocycles. The molecule has 1 aromatic heterocycles. The molecule has 6 heteroatoms. The van der Waals surface area contributed by atoms with Crippen LogP contribution in [0.15, 0.2) is 6.07 Å². The standard InChI is InChI=1S/C13H23N5O/c1-8(2)13-15-11(17-14)6-12(16-13)18-5-4-9(3)10(19)7-18/h6,8-10,19H,4-5,7,14H2,1-3H3,(H,15,16,17). The number of hydrogen-bond acceptors (Lipinski definition) is 6. The van der Waals surface area contributed by atoms with Gasteiger partial charge >= 0.3 is 0 Å². The fourth-order valence-electron chi connectivity index (χ4n) is 2.20. The van der Waals surface area contributed by atoms with Crippen LogP contribution in [0.5, 0.6) is 0 Å². The van der Waals surface area contributed by atoms with Crippen molar-refractivity contribution in [3.63, 3.8) is 0 Å².